The van der Waals surface area contributed by atoms with Crippen molar-refractivity contribution in [2.45, 2.75) is 0 Å². The normalized spacial score (nSPS) is 25.9. The van der Waals surface area contributed by atoms with Crippen molar-refractivity contribution in [2.24, 2.45) is 11.8 Å². The fourth-order valence-electron chi connectivity index (χ4n) is 1.36. The van der Waals surface area contributed by atoms with E-state index in [9.17, 15) is 14.4 Å². The van der Waals surface area contributed by atoms with Crippen LogP contribution in [0.25, 0.3) is 0 Å². The molecule has 0 radical (unpaired) electrons. The molecule has 2 unspecified atom stereocenters. The number of hydrogen-bond donors (Lipinski definition) is 0. The molecule has 0 aromatic heterocycles. The second kappa shape index (κ2) is 5.16. The first-order valence-corrected chi connectivity index (χ1v) is 5.54. The molecule has 0 saturated carbocycles. The molecule has 1 saturated heterocycles. The van der Waals surface area contributed by atoms with Crippen molar-refractivity contribution in [1.82, 2.24) is 0 Å². The van der Waals surface area contributed by atoms with Gasteiger partial charge in [-0.3, -0.25) is 14.4 Å². The van der Waals surface area contributed by atoms with Crippen LogP contribution in [0.3, 0.4) is 0 Å². The highest BCUT2D eigenvalue weighted by molar-refractivity contribution is 7.99. The lowest BCUT2D eigenvalue weighted by Crippen LogP contribution is -2.41. The average molecular weight is 232 g/mol. The number of ether oxygens (including phenoxy) is 2. The zero-order valence-corrected chi connectivity index (χ0v) is 9.33. The van der Waals surface area contributed by atoms with Gasteiger partial charge in [0.15, 0.2) is 5.78 Å². The minimum Gasteiger partial charge on any atom is -0.468 e. The van der Waals surface area contributed by atoms with Gasteiger partial charge in [-0.1, -0.05) is 0 Å². The van der Waals surface area contributed by atoms with Crippen molar-refractivity contribution in [3.8, 4) is 0 Å². The molecule has 0 bridgehead atoms. The Labute approximate surface area is 91.5 Å². The van der Waals surface area contributed by atoms with Crippen LogP contribution in [0.4, 0.5) is 0 Å². The summed E-state index contributed by atoms with van der Waals surface area (Å²) in [6.07, 6.45) is 0. The van der Waals surface area contributed by atoms with E-state index in [4.69, 9.17) is 0 Å². The molecule has 0 amide bonds. The maximum Gasteiger partial charge on any atom is 0.317 e. The Kier molecular flexibility index (Phi) is 4.14. The van der Waals surface area contributed by atoms with Crippen LogP contribution in [-0.4, -0.2) is 43.4 Å². The quantitative estimate of drug-likeness (QED) is 0.488. The largest absolute Gasteiger partial charge is 0.468 e. The highest BCUT2D eigenvalue weighted by Crippen LogP contribution is 2.26. The van der Waals surface area contributed by atoms with E-state index < -0.39 is 29.6 Å². The number of rotatable bonds is 2. The van der Waals surface area contributed by atoms with Crippen LogP contribution in [-0.2, 0) is 23.9 Å². The van der Waals surface area contributed by atoms with Crippen LogP contribution >= 0.6 is 11.8 Å². The van der Waals surface area contributed by atoms with Gasteiger partial charge in [0.05, 0.1) is 14.2 Å². The van der Waals surface area contributed by atoms with Gasteiger partial charge in [-0.15, -0.1) is 0 Å². The van der Waals surface area contributed by atoms with E-state index in [-0.39, 0.29) is 0 Å². The first-order chi connectivity index (χ1) is 7.11. The average Bonchev–Trinajstić information content (AvgIpc) is 2.27. The second-order valence-electron chi connectivity index (χ2n) is 3.09. The molecule has 1 fully saturated rings. The molecule has 5 nitrogen and oxygen atoms in total. The van der Waals surface area contributed by atoms with Crippen molar-refractivity contribution >= 4 is 29.5 Å². The maximum atomic E-state index is 11.7. The SMILES string of the molecule is COC(=O)C1CSCC(C(=O)OC)C1=O. The molecule has 15 heavy (non-hydrogen) atoms. The molecule has 1 aliphatic heterocycles. The molecular weight excluding hydrogens is 220 g/mol. The summed E-state index contributed by atoms with van der Waals surface area (Å²) >= 11 is 1.38. The van der Waals surface area contributed by atoms with Crippen molar-refractivity contribution in [3.63, 3.8) is 0 Å². The van der Waals surface area contributed by atoms with Gasteiger partial charge in [0.1, 0.15) is 11.8 Å². The Hall–Kier alpha value is -1.04. The van der Waals surface area contributed by atoms with Crippen LogP contribution in [0.1, 0.15) is 0 Å². The number of ketones is 1. The molecule has 1 aliphatic rings. The van der Waals surface area contributed by atoms with E-state index in [2.05, 4.69) is 9.47 Å². The molecule has 0 aromatic carbocycles. The van der Waals surface area contributed by atoms with Gasteiger partial charge in [0.2, 0.25) is 0 Å². The highest BCUT2D eigenvalue weighted by Gasteiger charge is 2.41. The van der Waals surface area contributed by atoms with Crippen LogP contribution < -0.4 is 0 Å². The smallest absolute Gasteiger partial charge is 0.317 e. The topological polar surface area (TPSA) is 69.7 Å². The molecule has 84 valence electrons. The summed E-state index contributed by atoms with van der Waals surface area (Å²) < 4.78 is 8.99. The summed E-state index contributed by atoms with van der Waals surface area (Å²) in [5.41, 5.74) is 0. The summed E-state index contributed by atoms with van der Waals surface area (Å²) in [5.74, 6) is -2.48. The Balaban J connectivity index is 2.75. The van der Waals surface area contributed by atoms with Gasteiger partial charge in [-0.05, 0) is 0 Å². The summed E-state index contributed by atoms with van der Waals surface area (Å²) in [6, 6.07) is 0. The van der Waals surface area contributed by atoms with Crippen LogP contribution in [0.2, 0.25) is 0 Å². The lowest BCUT2D eigenvalue weighted by Gasteiger charge is -2.23. The van der Waals surface area contributed by atoms with Crippen molar-refractivity contribution in [2.75, 3.05) is 25.7 Å². The molecular formula is C9H12O5S. The van der Waals surface area contributed by atoms with Crippen LogP contribution in [0.5, 0.6) is 0 Å². The maximum absolute atomic E-state index is 11.7. The standard InChI is InChI=1S/C9H12O5S/c1-13-8(11)5-3-15-4-6(7(5)10)9(12)14-2/h5-6H,3-4H2,1-2H3. The molecule has 0 aromatic rings. The number of hydrogen-bond acceptors (Lipinski definition) is 6. The van der Waals surface area contributed by atoms with Gasteiger partial charge in [0.25, 0.3) is 0 Å². The van der Waals surface area contributed by atoms with E-state index in [1.807, 2.05) is 0 Å². The van der Waals surface area contributed by atoms with Crippen LogP contribution in [0.15, 0.2) is 0 Å². The first kappa shape index (κ1) is 12.0. The number of carbonyl (C=O) groups is 3. The van der Waals surface area contributed by atoms with E-state index in [0.29, 0.717) is 11.5 Å². The molecule has 6 heteroatoms. The summed E-state index contributed by atoms with van der Waals surface area (Å²) in [5, 5.41) is 0. The van der Waals surface area contributed by atoms with E-state index >= 15 is 0 Å². The Morgan fingerprint density at radius 3 is 1.87 bits per heavy atom. The summed E-state index contributed by atoms with van der Waals surface area (Å²) in [6.45, 7) is 0. The van der Waals surface area contributed by atoms with Crippen molar-refractivity contribution in [1.29, 1.82) is 0 Å². The molecule has 1 heterocycles. The number of esters is 2. The third-order valence-electron chi connectivity index (χ3n) is 2.23. The predicted molar refractivity (Wildman–Crippen MR) is 53.3 cm³/mol. The molecule has 0 spiro atoms. The van der Waals surface area contributed by atoms with Gasteiger partial charge < -0.3 is 9.47 Å². The first-order valence-electron chi connectivity index (χ1n) is 4.39. The van der Waals surface area contributed by atoms with Gasteiger partial charge in [-0.25, -0.2) is 0 Å². The third-order valence-corrected chi connectivity index (χ3v) is 3.37. The Morgan fingerprint density at radius 1 is 1.13 bits per heavy atom. The summed E-state index contributed by atoms with van der Waals surface area (Å²) in [4.78, 5) is 34.2. The van der Waals surface area contributed by atoms with Gasteiger partial charge in [-0.2, -0.15) is 11.8 Å². The molecule has 0 N–H and O–H groups in total. The minimum absolute atomic E-state index is 0.374. The predicted octanol–water partition coefficient (Wildman–Crippen LogP) is -0.119. The fraction of sp³-hybridized carbons (Fsp3) is 0.667. The third kappa shape index (κ3) is 2.50. The zero-order valence-electron chi connectivity index (χ0n) is 8.52. The van der Waals surface area contributed by atoms with Crippen molar-refractivity contribution < 1.29 is 23.9 Å². The van der Waals surface area contributed by atoms with Crippen molar-refractivity contribution in [3.05, 3.63) is 0 Å². The monoisotopic (exact) mass is 232 g/mol. The highest BCUT2D eigenvalue weighted by atomic mass is 32.2. The van der Waals surface area contributed by atoms with E-state index in [1.54, 1.807) is 0 Å². The van der Waals surface area contributed by atoms with E-state index in [0.717, 1.165) is 0 Å². The number of Topliss-reactive ketones (excluding diaryl/α,β-unsaturated/α-hetero) is 1. The Bertz CT molecular complexity index is 262. The van der Waals surface area contributed by atoms with Crippen LogP contribution in [0, 0.1) is 11.8 Å². The lowest BCUT2D eigenvalue weighted by molar-refractivity contribution is -0.154. The lowest BCUT2D eigenvalue weighted by atomic mass is 9.94. The minimum atomic E-state index is -0.835. The van der Waals surface area contributed by atoms with Gasteiger partial charge >= 0.3 is 11.9 Å². The molecule has 2 atom stereocenters. The number of carbonyl (C=O) groups excluding carboxylic acids is 3. The second-order valence-corrected chi connectivity index (χ2v) is 4.17. The molecule has 0 aliphatic carbocycles. The van der Waals surface area contributed by atoms with E-state index in [1.165, 1.54) is 26.0 Å². The number of methoxy groups -OCH3 is 2. The van der Waals surface area contributed by atoms with Gasteiger partial charge in [0, 0.05) is 11.5 Å². The number of thioether (sulfide) groups is 1. The fourth-order valence-corrected chi connectivity index (χ4v) is 2.57. The Morgan fingerprint density at radius 2 is 1.53 bits per heavy atom. The summed E-state index contributed by atoms with van der Waals surface area (Å²) in [7, 11) is 2.45. The zero-order chi connectivity index (χ0) is 11.4. The molecule has 1 rings (SSSR count).